The predicted octanol–water partition coefficient (Wildman–Crippen LogP) is -11.0. The van der Waals surface area contributed by atoms with E-state index in [0.717, 1.165) is 0 Å². The van der Waals surface area contributed by atoms with Gasteiger partial charge < -0.3 is 42.2 Å². The Hall–Kier alpha value is 1.23. The zero-order valence-corrected chi connectivity index (χ0v) is 21.2. The van der Waals surface area contributed by atoms with E-state index in [9.17, 15) is 14.8 Å². The van der Waals surface area contributed by atoms with Crippen LogP contribution in [-0.4, -0.2) is 47.2 Å². The fourth-order valence-corrected chi connectivity index (χ4v) is 1.44. The molecule has 0 saturated carbocycles. The molecular formula is C10H16N6Na3O4P. The Morgan fingerprint density at radius 2 is 1.54 bits per heavy atom. The van der Waals surface area contributed by atoms with Crippen molar-refractivity contribution in [3.63, 3.8) is 0 Å². The summed E-state index contributed by atoms with van der Waals surface area (Å²) in [7, 11) is -0.820. The fraction of sp³-hybridized carbons (Fsp3) is 0.500. The molecule has 1 heterocycles. The van der Waals surface area contributed by atoms with Crippen molar-refractivity contribution in [3.05, 3.63) is 6.92 Å². The first-order valence-electron chi connectivity index (χ1n) is 6.11. The molecule has 24 heavy (non-hydrogen) atoms. The van der Waals surface area contributed by atoms with Crippen LogP contribution in [0.1, 0.15) is 6.42 Å². The first-order chi connectivity index (χ1) is 10.2. The van der Waals surface area contributed by atoms with Gasteiger partial charge in [-0.2, -0.15) is 15.0 Å². The number of carbonyl (C=O) groups is 1. The van der Waals surface area contributed by atoms with E-state index in [0.29, 0.717) is 19.0 Å². The normalized spacial score (nSPS) is 9.42. The third kappa shape index (κ3) is 14.4. The molecule has 0 bridgehead atoms. The summed E-state index contributed by atoms with van der Waals surface area (Å²) >= 11 is 0. The van der Waals surface area contributed by atoms with E-state index in [-0.39, 0.29) is 120 Å². The summed E-state index contributed by atoms with van der Waals surface area (Å²) in [6.07, 6.45) is -0.162. The molecule has 118 valence electrons. The summed E-state index contributed by atoms with van der Waals surface area (Å²) in [4.78, 5) is 32.7. The molecule has 1 rings (SSSR count). The van der Waals surface area contributed by atoms with Gasteiger partial charge in [-0.05, 0) is 0 Å². The average molecular weight is 384 g/mol. The molecule has 1 atom stereocenters. The van der Waals surface area contributed by atoms with Crippen LogP contribution < -0.4 is 115 Å². The Bertz CT molecular complexity index is 463. The average Bonchev–Trinajstić information content (AvgIpc) is 2.43. The minimum Gasteiger partial charge on any atom is -0.810 e. The van der Waals surface area contributed by atoms with Crippen LogP contribution in [0.3, 0.4) is 0 Å². The third-order valence-electron chi connectivity index (χ3n) is 2.08. The molecule has 14 heteroatoms. The molecule has 0 aliphatic heterocycles. The van der Waals surface area contributed by atoms with Crippen molar-refractivity contribution in [2.75, 3.05) is 42.2 Å². The summed E-state index contributed by atoms with van der Waals surface area (Å²) in [6.45, 7) is 4.73. The first kappa shape index (κ1) is 30.0. The van der Waals surface area contributed by atoms with Crippen molar-refractivity contribution >= 4 is 32.8 Å². The van der Waals surface area contributed by atoms with E-state index in [4.69, 9.17) is 0 Å². The maximum Gasteiger partial charge on any atom is 1.00 e. The maximum absolute atomic E-state index is 10.4. The quantitative estimate of drug-likeness (QED) is 0.145. The summed E-state index contributed by atoms with van der Waals surface area (Å²) in [5.74, 6) is -0.377. The van der Waals surface area contributed by atoms with E-state index >= 15 is 0 Å². The molecule has 0 saturated heterocycles. The van der Waals surface area contributed by atoms with Crippen molar-refractivity contribution in [2.45, 2.75) is 6.42 Å². The second-order valence-corrected chi connectivity index (χ2v) is 4.10. The van der Waals surface area contributed by atoms with Crippen LogP contribution in [-0.2, 0) is 9.32 Å². The Kier molecular flexibility index (Phi) is 23.7. The number of hydrogen-bond donors (Lipinski definition) is 3. The molecular weight excluding hydrogens is 368 g/mol. The van der Waals surface area contributed by atoms with Gasteiger partial charge in [-0.25, -0.2) is 0 Å². The Morgan fingerprint density at radius 3 is 2.00 bits per heavy atom. The van der Waals surface area contributed by atoms with E-state index < -0.39 is 15.0 Å². The molecule has 1 aromatic rings. The summed E-state index contributed by atoms with van der Waals surface area (Å²) in [6, 6.07) is 0. The minimum absolute atomic E-state index is 0. The van der Waals surface area contributed by atoms with Gasteiger partial charge in [0.15, 0.2) is 0 Å². The Morgan fingerprint density at radius 1 is 1.04 bits per heavy atom. The number of nitrogens with one attached hydrogen (secondary N) is 3. The van der Waals surface area contributed by atoms with E-state index in [1.165, 1.54) is 0 Å². The van der Waals surface area contributed by atoms with Crippen molar-refractivity contribution in [1.82, 2.24) is 15.0 Å². The fourth-order valence-electron chi connectivity index (χ4n) is 1.26. The maximum atomic E-state index is 10.4. The van der Waals surface area contributed by atoms with Crippen molar-refractivity contribution < 1.29 is 108 Å². The monoisotopic (exact) mass is 384 g/mol. The van der Waals surface area contributed by atoms with Gasteiger partial charge in [0.2, 0.25) is 17.8 Å². The van der Waals surface area contributed by atoms with Crippen LogP contribution in [0.2, 0.25) is 0 Å². The number of aliphatic carboxylic acids is 1. The number of carbonyl (C=O) groups excluding carboxylic acids is 1. The van der Waals surface area contributed by atoms with Gasteiger partial charge in [0.25, 0.3) is 0 Å². The van der Waals surface area contributed by atoms with Crippen molar-refractivity contribution in [2.24, 2.45) is 0 Å². The molecule has 1 unspecified atom stereocenters. The number of hydrogen-bond acceptors (Lipinski definition) is 10. The number of rotatable bonds is 11. The van der Waals surface area contributed by atoms with Gasteiger partial charge in [-0.1, -0.05) is 9.03 Å². The van der Waals surface area contributed by atoms with Gasteiger partial charge in [-0.3, -0.25) is 0 Å². The summed E-state index contributed by atoms with van der Waals surface area (Å²) < 4.78 is 4.68. The van der Waals surface area contributed by atoms with Crippen molar-refractivity contribution in [1.29, 1.82) is 0 Å². The zero-order chi connectivity index (χ0) is 15.5. The minimum atomic E-state index is -1.17. The molecule has 0 aliphatic rings. The molecule has 0 radical (unpaired) electrons. The number of nitrogens with zero attached hydrogens (tertiary/aromatic N) is 3. The molecule has 3 N–H and O–H groups in total. The van der Waals surface area contributed by atoms with Gasteiger partial charge in [-0.15, -0.1) is 6.54 Å². The van der Waals surface area contributed by atoms with Crippen LogP contribution in [0.4, 0.5) is 17.8 Å². The molecule has 0 fully saturated rings. The standard InChI is InChI=1S/C10H17N6O4P.3Na/c1-2-11-8-14-9(12-4-3-7(17)18)16-10(15-8)13-5-6-20-21-19;;;/h21H,1-6H2,(H,17,18)(H3,11,12,13,14,15,16);;;/q-2;3*+1/p-1. The van der Waals surface area contributed by atoms with E-state index in [2.05, 4.69) is 42.3 Å². The van der Waals surface area contributed by atoms with Crippen LogP contribution in [0, 0.1) is 6.92 Å². The molecule has 1 aromatic heterocycles. The molecule has 0 amide bonds. The second kappa shape index (κ2) is 19.0. The molecule has 0 spiro atoms. The Labute approximate surface area is 208 Å². The SMILES string of the molecule is [CH2-]CNc1nc(NCCOP[O-])nc(NCCC(=O)[O-])n1.[Na+].[Na+].[Na+]. The molecule has 10 nitrogen and oxygen atoms in total. The second-order valence-electron chi connectivity index (χ2n) is 3.64. The number of aromatic nitrogens is 3. The van der Waals surface area contributed by atoms with Gasteiger partial charge in [0.1, 0.15) is 0 Å². The predicted molar refractivity (Wildman–Crippen MR) is 74.5 cm³/mol. The van der Waals surface area contributed by atoms with Crippen LogP contribution >= 0.6 is 9.03 Å². The largest absolute Gasteiger partial charge is 1.00 e. The van der Waals surface area contributed by atoms with E-state index in [1.807, 2.05) is 0 Å². The molecule has 0 aliphatic carbocycles. The number of carboxylic acids is 1. The first-order valence-corrected chi connectivity index (χ1v) is 6.93. The Balaban J connectivity index is -0.00000147. The zero-order valence-electron chi connectivity index (χ0n) is 14.2. The summed E-state index contributed by atoms with van der Waals surface area (Å²) in [5, 5.41) is 18.8. The summed E-state index contributed by atoms with van der Waals surface area (Å²) in [5.41, 5.74) is 0. The van der Waals surface area contributed by atoms with Crippen LogP contribution in [0.15, 0.2) is 0 Å². The topological polar surface area (TPSA) is 147 Å². The smallest absolute Gasteiger partial charge is 0.810 e. The number of carboxylic acid groups (broad SMARTS) is 1. The van der Waals surface area contributed by atoms with Gasteiger partial charge in [0, 0.05) is 25.5 Å². The van der Waals surface area contributed by atoms with Gasteiger partial charge >= 0.3 is 88.7 Å². The van der Waals surface area contributed by atoms with Crippen LogP contribution in [0.5, 0.6) is 0 Å². The van der Waals surface area contributed by atoms with Crippen LogP contribution in [0.25, 0.3) is 0 Å². The molecule has 0 aromatic carbocycles. The number of anilines is 3. The van der Waals surface area contributed by atoms with E-state index in [1.54, 1.807) is 0 Å². The third-order valence-corrected chi connectivity index (χ3v) is 2.40. The van der Waals surface area contributed by atoms with Gasteiger partial charge in [0.05, 0.1) is 6.61 Å². The van der Waals surface area contributed by atoms with Crippen molar-refractivity contribution in [3.8, 4) is 0 Å².